The van der Waals surface area contributed by atoms with E-state index in [2.05, 4.69) is 0 Å². The molecule has 0 saturated heterocycles. The van der Waals surface area contributed by atoms with E-state index in [1.165, 1.54) is 0 Å². The lowest BCUT2D eigenvalue weighted by Gasteiger charge is -1.98. The number of benzene rings is 1. The van der Waals surface area contributed by atoms with Crippen molar-refractivity contribution in [2.24, 2.45) is 0 Å². The van der Waals surface area contributed by atoms with Gasteiger partial charge >= 0.3 is 0 Å². The molecule has 6 heteroatoms. The van der Waals surface area contributed by atoms with Crippen molar-refractivity contribution in [2.75, 3.05) is 0 Å². The Labute approximate surface area is 76.6 Å². The summed E-state index contributed by atoms with van der Waals surface area (Å²) in [6.07, 6.45) is 0.897. The minimum Gasteiger partial charge on any atom is -0.259 e. The van der Waals surface area contributed by atoms with Crippen molar-refractivity contribution < 1.29 is 18.1 Å². The van der Waals surface area contributed by atoms with Crippen LogP contribution in [0.4, 0.5) is 13.2 Å². The highest BCUT2D eigenvalue weighted by Crippen LogP contribution is 2.16. The molecule has 0 spiro atoms. The number of nitro groups is 1. The van der Waals surface area contributed by atoms with Gasteiger partial charge in [0.05, 0.1) is 10.5 Å². The van der Waals surface area contributed by atoms with Gasteiger partial charge in [0.2, 0.25) is 6.20 Å². The van der Waals surface area contributed by atoms with Crippen molar-refractivity contribution in [3.63, 3.8) is 0 Å². The second kappa shape index (κ2) is 3.91. The average Bonchev–Trinajstić information content (AvgIpc) is 2.11. The van der Waals surface area contributed by atoms with Gasteiger partial charge in [-0.2, -0.15) is 0 Å². The van der Waals surface area contributed by atoms with E-state index in [-0.39, 0.29) is 0 Å². The third kappa shape index (κ3) is 2.09. The average molecular weight is 203 g/mol. The van der Waals surface area contributed by atoms with Crippen molar-refractivity contribution in [2.45, 2.75) is 0 Å². The molecule has 0 aliphatic heterocycles. The lowest BCUT2D eigenvalue weighted by atomic mass is 10.2. The molecule has 1 aromatic carbocycles. The zero-order valence-corrected chi connectivity index (χ0v) is 6.71. The smallest absolute Gasteiger partial charge is 0.235 e. The molecule has 0 amide bonds. The number of rotatable bonds is 2. The van der Waals surface area contributed by atoms with Crippen molar-refractivity contribution in [3.05, 3.63) is 51.5 Å². The number of hydrogen-bond acceptors (Lipinski definition) is 2. The summed E-state index contributed by atoms with van der Waals surface area (Å²) in [5, 5.41) is 9.86. The molecule has 0 N–H and O–H groups in total. The summed E-state index contributed by atoms with van der Waals surface area (Å²) in [5.74, 6) is -3.75. The number of hydrogen-bond donors (Lipinski definition) is 0. The van der Waals surface area contributed by atoms with Crippen LogP contribution in [0.5, 0.6) is 0 Å². The molecule has 0 aromatic heterocycles. The van der Waals surface area contributed by atoms with Crippen LogP contribution >= 0.6 is 0 Å². The van der Waals surface area contributed by atoms with Crippen LogP contribution in [0.3, 0.4) is 0 Å². The van der Waals surface area contributed by atoms with E-state index in [1.807, 2.05) is 0 Å². The molecule has 0 aliphatic carbocycles. The van der Waals surface area contributed by atoms with Gasteiger partial charge in [-0.1, -0.05) is 0 Å². The summed E-state index contributed by atoms with van der Waals surface area (Å²) in [7, 11) is 0. The zero-order valence-electron chi connectivity index (χ0n) is 6.71. The topological polar surface area (TPSA) is 43.1 Å². The summed E-state index contributed by atoms with van der Waals surface area (Å²) in [5.41, 5.74) is -0.762. The van der Waals surface area contributed by atoms with Gasteiger partial charge in [0, 0.05) is 6.08 Å². The lowest BCUT2D eigenvalue weighted by molar-refractivity contribution is -0.401. The molecule has 1 aromatic rings. The Morgan fingerprint density at radius 2 is 1.79 bits per heavy atom. The van der Waals surface area contributed by atoms with Crippen LogP contribution in [0, 0.1) is 27.6 Å². The Hall–Kier alpha value is -1.85. The third-order valence-electron chi connectivity index (χ3n) is 1.44. The molecule has 1 rings (SSSR count). The van der Waals surface area contributed by atoms with Gasteiger partial charge in [-0.15, -0.1) is 0 Å². The fourth-order valence-electron chi connectivity index (χ4n) is 0.831. The minimum absolute atomic E-state index is 0.334. The van der Waals surface area contributed by atoms with Crippen LogP contribution in [-0.2, 0) is 0 Å². The molecule has 0 atom stereocenters. The van der Waals surface area contributed by atoms with Gasteiger partial charge in [0.1, 0.15) is 5.82 Å². The first-order valence-electron chi connectivity index (χ1n) is 3.47. The highest BCUT2D eigenvalue weighted by molar-refractivity contribution is 5.49. The quantitative estimate of drug-likeness (QED) is 0.420. The van der Waals surface area contributed by atoms with Crippen LogP contribution in [0.1, 0.15) is 5.56 Å². The summed E-state index contributed by atoms with van der Waals surface area (Å²) >= 11 is 0. The standard InChI is InChI=1S/C8H4F3NO2/c9-6-1-2-7(10)8(11)5(6)3-4-12(13)14/h1-4H. The Kier molecular flexibility index (Phi) is 2.85. The molecule has 3 nitrogen and oxygen atoms in total. The fraction of sp³-hybridized carbons (Fsp3) is 0. The molecule has 0 aliphatic rings. The van der Waals surface area contributed by atoms with E-state index in [0.29, 0.717) is 24.4 Å². The van der Waals surface area contributed by atoms with E-state index in [1.54, 1.807) is 0 Å². The Morgan fingerprint density at radius 3 is 2.36 bits per heavy atom. The van der Waals surface area contributed by atoms with E-state index >= 15 is 0 Å². The number of nitrogens with zero attached hydrogens (tertiary/aromatic N) is 1. The van der Waals surface area contributed by atoms with Crippen molar-refractivity contribution in [1.82, 2.24) is 0 Å². The first-order chi connectivity index (χ1) is 6.52. The summed E-state index contributed by atoms with van der Waals surface area (Å²) in [4.78, 5) is 8.96. The fourth-order valence-corrected chi connectivity index (χ4v) is 0.831. The molecule has 0 bridgehead atoms. The first-order valence-corrected chi connectivity index (χ1v) is 3.47. The molecular formula is C8H4F3NO2. The Morgan fingerprint density at radius 1 is 1.21 bits per heavy atom. The van der Waals surface area contributed by atoms with Gasteiger partial charge < -0.3 is 0 Å². The lowest BCUT2D eigenvalue weighted by Crippen LogP contribution is -1.94. The predicted molar refractivity (Wildman–Crippen MR) is 42.3 cm³/mol. The summed E-state index contributed by atoms with van der Waals surface area (Å²) in [6, 6.07) is 1.30. The van der Waals surface area contributed by atoms with Crippen molar-refractivity contribution >= 4 is 6.08 Å². The predicted octanol–water partition coefficient (Wildman–Crippen LogP) is 2.35. The largest absolute Gasteiger partial charge is 0.259 e. The highest BCUT2D eigenvalue weighted by Gasteiger charge is 2.11. The third-order valence-corrected chi connectivity index (χ3v) is 1.44. The molecule has 74 valence electrons. The molecule has 0 unspecified atom stereocenters. The van der Waals surface area contributed by atoms with Crippen LogP contribution in [0.2, 0.25) is 0 Å². The minimum atomic E-state index is -1.44. The normalized spacial score (nSPS) is 10.8. The van der Waals surface area contributed by atoms with E-state index in [4.69, 9.17) is 0 Å². The van der Waals surface area contributed by atoms with E-state index < -0.39 is 27.9 Å². The van der Waals surface area contributed by atoms with Crippen LogP contribution in [0.15, 0.2) is 18.3 Å². The van der Waals surface area contributed by atoms with Crippen molar-refractivity contribution in [1.29, 1.82) is 0 Å². The first kappa shape index (κ1) is 10.2. The maximum absolute atomic E-state index is 12.8. The molecular weight excluding hydrogens is 199 g/mol. The summed E-state index contributed by atoms with van der Waals surface area (Å²) in [6.45, 7) is 0. The Balaban J connectivity index is 3.19. The highest BCUT2D eigenvalue weighted by atomic mass is 19.2. The van der Waals surface area contributed by atoms with Crippen molar-refractivity contribution in [3.8, 4) is 0 Å². The van der Waals surface area contributed by atoms with Gasteiger partial charge in [-0.3, -0.25) is 10.1 Å². The molecule has 0 fully saturated rings. The molecule has 0 radical (unpaired) electrons. The maximum Gasteiger partial charge on any atom is 0.235 e. The molecule has 0 heterocycles. The van der Waals surface area contributed by atoms with E-state index in [9.17, 15) is 23.3 Å². The monoisotopic (exact) mass is 203 g/mol. The van der Waals surface area contributed by atoms with Gasteiger partial charge in [0.15, 0.2) is 11.6 Å². The second-order valence-corrected chi connectivity index (χ2v) is 2.36. The molecule has 0 saturated carbocycles. The van der Waals surface area contributed by atoms with Gasteiger partial charge in [-0.25, -0.2) is 13.2 Å². The van der Waals surface area contributed by atoms with Gasteiger partial charge in [-0.05, 0) is 12.1 Å². The van der Waals surface area contributed by atoms with E-state index in [0.717, 1.165) is 0 Å². The molecule has 14 heavy (non-hydrogen) atoms. The van der Waals surface area contributed by atoms with Crippen LogP contribution in [0.25, 0.3) is 6.08 Å². The SMILES string of the molecule is O=[N+]([O-])C=Cc1c(F)ccc(F)c1F. The number of halogens is 3. The van der Waals surface area contributed by atoms with Crippen LogP contribution in [-0.4, -0.2) is 4.92 Å². The van der Waals surface area contributed by atoms with Gasteiger partial charge in [0.25, 0.3) is 0 Å². The zero-order chi connectivity index (χ0) is 10.7. The Bertz CT molecular complexity index is 404. The maximum atomic E-state index is 12.8. The summed E-state index contributed by atoms with van der Waals surface area (Å²) < 4.78 is 38.2. The second-order valence-electron chi connectivity index (χ2n) is 2.36. The van der Waals surface area contributed by atoms with Crippen LogP contribution < -0.4 is 0 Å².